The number of hydrogen-bond acceptors (Lipinski definition) is 3. The second-order valence-corrected chi connectivity index (χ2v) is 7.07. The van der Waals surface area contributed by atoms with Crippen LogP contribution in [0.15, 0.2) is 52.1 Å². The van der Waals surface area contributed by atoms with E-state index in [0.717, 1.165) is 11.1 Å². The molecule has 2 aromatic rings. The summed E-state index contributed by atoms with van der Waals surface area (Å²) in [5.74, 6) is 0.399. The monoisotopic (exact) mass is 374 g/mol. The van der Waals surface area contributed by atoms with E-state index in [9.17, 15) is 8.42 Å². The number of nitrogens with one attached hydrogen (secondary N) is 1. The third-order valence-corrected chi connectivity index (χ3v) is 4.71. The number of pyridine rings is 1. The molecule has 0 aliphatic rings. The molecule has 0 atom stereocenters. The SMILES string of the molecule is O=S(=O)(NCc1cccc(CCl)c1)c1cncc(Br)c1. The molecule has 0 amide bonds. The van der Waals surface area contributed by atoms with Gasteiger partial charge in [-0.25, -0.2) is 13.1 Å². The first kappa shape index (κ1) is 15.4. The van der Waals surface area contributed by atoms with Crippen molar-refractivity contribution in [3.05, 3.63) is 58.3 Å². The van der Waals surface area contributed by atoms with Crippen molar-refractivity contribution in [3.63, 3.8) is 0 Å². The third-order valence-electron chi connectivity index (χ3n) is 2.60. The minimum absolute atomic E-state index is 0.125. The van der Waals surface area contributed by atoms with Gasteiger partial charge in [-0.2, -0.15) is 0 Å². The van der Waals surface area contributed by atoms with Crippen LogP contribution in [0.4, 0.5) is 0 Å². The number of halogens is 2. The number of sulfonamides is 1. The Morgan fingerprint density at radius 3 is 2.65 bits per heavy atom. The highest BCUT2D eigenvalue weighted by Crippen LogP contribution is 2.15. The van der Waals surface area contributed by atoms with Crippen molar-refractivity contribution in [3.8, 4) is 0 Å². The number of aromatic nitrogens is 1. The Balaban J connectivity index is 2.13. The van der Waals surface area contributed by atoms with Crippen LogP contribution in [-0.4, -0.2) is 13.4 Å². The molecule has 2 rings (SSSR count). The highest BCUT2D eigenvalue weighted by atomic mass is 79.9. The van der Waals surface area contributed by atoms with Crippen LogP contribution < -0.4 is 4.72 Å². The molecule has 7 heteroatoms. The van der Waals surface area contributed by atoms with Gasteiger partial charge in [0.2, 0.25) is 10.0 Å². The first-order chi connectivity index (χ1) is 9.51. The van der Waals surface area contributed by atoms with Crippen LogP contribution in [0.3, 0.4) is 0 Å². The van der Waals surface area contributed by atoms with E-state index in [-0.39, 0.29) is 11.4 Å². The van der Waals surface area contributed by atoms with E-state index < -0.39 is 10.0 Å². The molecule has 0 unspecified atom stereocenters. The second kappa shape index (κ2) is 6.67. The van der Waals surface area contributed by atoms with Crippen LogP contribution >= 0.6 is 27.5 Å². The summed E-state index contributed by atoms with van der Waals surface area (Å²) in [6.45, 7) is 0.208. The van der Waals surface area contributed by atoms with Gasteiger partial charge in [0.1, 0.15) is 4.90 Å². The first-order valence-electron chi connectivity index (χ1n) is 5.75. The molecule has 0 bridgehead atoms. The van der Waals surface area contributed by atoms with Crippen molar-refractivity contribution >= 4 is 37.6 Å². The molecule has 1 aromatic heterocycles. The van der Waals surface area contributed by atoms with Gasteiger partial charge >= 0.3 is 0 Å². The van der Waals surface area contributed by atoms with Gasteiger partial charge < -0.3 is 0 Å². The molecule has 1 aromatic carbocycles. The minimum Gasteiger partial charge on any atom is -0.262 e. The topological polar surface area (TPSA) is 59.1 Å². The fourth-order valence-corrected chi connectivity index (χ4v) is 3.31. The molecule has 0 aliphatic carbocycles. The van der Waals surface area contributed by atoms with Crippen molar-refractivity contribution in [2.24, 2.45) is 0 Å². The molecule has 106 valence electrons. The summed E-state index contributed by atoms with van der Waals surface area (Å²) < 4.78 is 27.4. The van der Waals surface area contributed by atoms with E-state index in [1.807, 2.05) is 24.3 Å². The highest BCUT2D eigenvalue weighted by Gasteiger charge is 2.14. The highest BCUT2D eigenvalue weighted by molar-refractivity contribution is 9.10. The predicted molar refractivity (Wildman–Crippen MR) is 82.0 cm³/mol. The molecule has 20 heavy (non-hydrogen) atoms. The van der Waals surface area contributed by atoms with Crippen molar-refractivity contribution in [1.29, 1.82) is 0 Å². The van der Waals surface area contributed by atoms with E-state index in [4.69, 9.17) is 11.6 Å². The maximum Gasteiger partial charge on any atom is 0.242 e. The predicted octanol–water partition coefficient (Wildman–Crippen LogP) is 3.06. The van der Waals surface area contributed by atoms with Crippen LogP contribution in [-0.2, 0) is 22.4 Å². The van der Waals surface area contributed by atoms with Crippen LogP contribution in [0.2, 0.25) is 0 Å². The van der Waals surface area contributed by atoms with Crippen LogP contribution in [0, 0.1) is 0 Å². The normalized spacial score (nSPS) is 11.5. The van der Waals surface area contributed by atoms with E-state index in [0.29, 0.717) is 10.4 Å². The molecule has 0 saturated heterocycles. The largest absolute Gasteiger partial charge is 0.262 e. The average molecular weight is 376 g/mol. The fraction of sp³-hybridized carbons (Fsp3) is 0.154. The molecule has 0 fully saturated rings. The number of rotatable bonds is 5. The smallest absolute Gasteiger partial charge is 0.242 e. The van der Waals surface area contributed by atoms with Crippen molar-refractivity contribution in [2.45, 2.75) is 17.3 Å². The summed E-state index contributed by atoms with van der Waals surface area (Å²) in [6.07, 6.45) is 2.84. The van der Waals surface area contributed by atoms with Gasteiger partial charge in [0.05, 0.1) is 0 Å². The number of nitrogens with zero attached hydrogens (tertiary/aromatic N) is 1. The van der Waals surface area contributed by atoms with Gasteiger partial charge in [0.25, 0.3) is 0 Å². The molecular formula is C13H12BrClN2O2S. The second-order valence-electron chi connectivity index (χ2n) is 4.12. The first-order valence-corrected chi connectivity index (χ1v) is 8.56. The summed E-state index contributed by atoms with van der Waals surface area (Å²) in [5.41, 5.74) is 1.81. The summed E-state index contributed by atoms with van der Waals surface area (Å²) in [4.78, 5) is 3.97. The number of benzene rings is 1. The van der Waals surface area contributed by atoms with Gasteiger partial charge in [-0.1, -0.05) is 24.3 Å². The molecule has 1 N–H and O–H groups in total. The maximum atomic E-state index is 12.1. The van der Waals surface area contributed by atoms with Crippen LogP contribution in [0.25, 0.3) is 0 Å². The lowest BCUT2D eigenvalue weighted by Gasteiger charge is -2.07. The van der Waals surface area contributed by atoms with E-state index in [1.54, 1.807) is 0 Å². The van der Waals surface area contributed by atoms with E-state index >= 15 is 0 Å². The lowest BCUT2D eigenvalue weighted by Crippen LogP contribution is -2.23. The molecule has 4 nitrogen and oxygen atoms in total. The number of hydrogen-bond donors (Lipinski definition) is 1. The standard InChI is InChI=1S/C13H12BrClN2O2S/c14-12-5-13(9-16-8-12)20(18,19)17-7-11-3-1-2-10(4-11)6-15/h1-5,8-9,17H,6-7H2. The number of alkyl halides is 1. The Kier molecular flexibility index (Phi) is 5.15. The third kappa shape index (κ3) is 4.02. The zero-order chi connectivity index (χ0) is 14.6. The van der Waals surface area contributed by atoms with E-state index in [1.165, 1.54) is 18.5 Å². The Morgan fingerprint density at radius 1 is 1.20 bits per heavy atom. The van der Waals surface area contributed by atoms with E-state index in [2.05, 4.69) is 25.6 Å². The quantitative estimate of drug-likeness (QED) is 0.817. The zero-order valence-electron chi connectivity index (χ0n) is 10.4. The summed E-state index contributed by atoms with van der Waals surface area (Å²) in [5, 5.41) is 0. The van der Waals surface area contributed by atoms with Gasteiger partial charge in [-0.3, -0.25) is 4.98 Å². The van der Waals surface area contributed by atoms with Gasteiger partial charge in [-0.15, -0.1) is 11.6 Å². The van der Waals surface area contributed by atoms with Crippen molar-refractivity contribution in [2.75, 3.05) is 0 Å². The molecular weight excluding hydrogens is 364 g/mol. The molecule has 1 heterocycles. The minimum atomic E-state index is -3.58. The van der Waals surface area contributed by atoms with Gasteiger partial charge in [0, 0.05) is 29.3 Å². The summed E-state index contributed by atoms with van der Waals surface area (Å²) in [6, 6.07) is 8.96. The Morgan fingerprint density at radius 2 is 1.95 bits per heavy atom. The molecule has 0 radical (unpaired) electrons. The average Bonchev–Trinajstić information content (AvgIpc) is 2.45. The lowest BCUT2D eigenvalue weighted by molar-refractivity contribution is 0.581. The molecule has 0 spiro atoms. The van der Waals surface area contributed by atoms with Gasteiger partial charge in [0.15, 0.2) is 0 Å². The lowest BCUT2D eigenvalue weighted by atomic mass is 10.1. The van der Waals surface area contributed by atoms with Crippen molar-refractivity contribution < 1.29 is 8.42 Å². The Hall–Kier alpha value is -0.950. The Bertz CT molecular complexity index is 707. The van der Waals surface area contributed by atoms with Crippen molar-refractivity contribution in [1.82, 2.24) is 9.71 Å². The summed E-state index contributed by atoms with van der Waals surface area (Å²) >= 11 is 8.95. The zero-order valence-corrected chi connectivity index (χ0v) is 13.5. The maximum absolute atomic E-state index is 12.1. The summed E-state index contributed by atoms with van der Waals surface area (Å²) in [7, 11) is -3.58. The van der Waals surface area contributed by atoms with Crippen LogP contribution in [0.5, 0.6) is 0 Å². The van der Waals surface area contributed by atoms with Gasteiger partial charge in [-0.05, 0) is 33.1 Å². The molecule has 0 aliphatic heterocycles. The van der Waals surface area contributed by atoms with Crippen LogP contribution in [0.1, 0.15) is 11.1 Å². The fourth-order valence-electron chi connectivity index (χ4n) is 1.62. The molecule has 0 saturated carbocycles. The Labute approximate surface area is 131 Å².